The largest absolute Gasteiger partial charge is 0.480 e. The Bertz CT molecular complexity index is 349. The van der Waals surface area contributed by atoms with Crippen molar-refractivity contribution >= 4 is 16.0 Å². The molecular weight excluding hydrogens is 244 g/mol. The van der Waals surface area contributed by atoms with E-state index in [2.05, 4.69) is 5.32 Å². The predicted octanol–water partition coefficient (Wildman–Crippen LogP) is -0.135. The minimum absolute atomic E-state index is 0.0550. The number of hydrogen-bond acceptors (Lipinski definition) is 4. The van der Waals surface area contributed by atoms with Crippen molar-refractivity contribution in [1.29, 1.82) is 0 Å². The molecule has 0 radical (unpaired) electrons. The molecular formula is C10H20N2O4S. The third-order valence-corrected chi connectivity index (χ3v) is 4.63. The Morgan fingerprint density at radius 3 is 2.47 bits per heavy atom. The van der Waals surface area contributed by atoms with Crippen LogP contribution in [0.2, 0.25) is 0 Å². The van der Waals surface area contributed by atoms with Crippen molar-refractivity contribution in [3.05, 3.63) is 0 Å². The van der Waals surface area contributed by atoms with Crippen LogP contribution < -0.4 is 5.32 Å². The number of piperidine rings is 1. The van der Waals surface area contributed by atoms with Crippen LogP contribution in [0.25, 0.3) is 0 Å². The molecule has 2 N–H and O–H groups in total. The summed E-state index contributed by atoms with van der Waals surface area (Å²) in [4.78, 5) is 10.6. The first-order valence-corrected chi connectivity index (χ1v) is 7.50. The van der Waals surface area contributed by atoms with Crippen molar-refractivity contribution in [2.75, 3.05) is 25.4 Å². The average Bonchev–Trinajstić information content (AvgIpc) is 2.25. The fourth-order valence-electron chi connectivity index (χ4n) is 2.10. The zero-order chi connectivity index (χ0) is 12.9. The molecule has 6 nitrogen and oxygen atoms in total. The lowest BCUT2D eigenvalue weighted by molar-refractivity contribution is -0.134. The summed E-state index contributed by atoms with van der Waals surface area (Å²) in [5, 5.41) is 11.8. The van der Waals surface area contributed by atoms with Crippen molar-refractivity contribution in [3.8, 4) is 0 Å². The van der Waals surface area contributed by atoms with Crippen molar-refractivity contribution in [3.63, 3.8) is 0 Å². The highest BCUT2D eigenvalue weighted by Crippen LogP contribution is 2.17. The minimum atomic E-state index is -3.68. The zero-order valence-corrected chi connectivity index (χ0v) is 10.9. The van der Waals surface area contributed by atoms with Crippen LogP contribution in [-0.4, -0.2) is 55.2 Å². The van der Waals surface area contributed by atoms with Gasteiger partial charge in [0.1, 0.15) is 0 Å². The third kappa shape index (κ3) is 4.25. The summed E-state index contributed by atoms with van der Waals surface area (Å²) in [5.41, 5.74) is 0. The molecule has 1 aliphatic heterocycles. The van der Waals surface area contributed by atoms with E-state index in [1.807, 2.05) is 6.92 Å². The molecule has 0 amide bonds. The zero-order valence-electron chi connectivity index (χ0n) is 10.1. The molecule has 0 aliphatic carbocycles. The number of rotatable bonds is 6. The number of carboxylic acid groups (broad SMARTS) is 1. The normalized spacial score (nSPS) is 18.5. The van der Waals surface area contributed by atoms with Gasteiger partial charge in [-0.15, -0.1) is 0 Å². The summed E-state index contributed by atoms with van der Waals surface area (Å²) < 4.78 is 25.3. The molecule has 1 heterocycles. The van der Waals surface area contributed by atoms with E-state index in [1.54, 1.807) is 0 Å². The van der Waals surface area contributed by atoms with E-state index < -0.39 is 21.7 Å². The first-order valence-electron chi connectivity index (χ1n) is 5.89. The Hall–Kier alpha value is -0.660. The Labute approximate surface area is 102 Å². The summed E-state index contributed by atoms with van der Waals surface area (Å²) >= 11 is 0. The average molecular weight is 264 g/mol. The van der Waals surface area contributed by atoms with Gasteiger partial charge < -0.3 is 10.4 Å². The molecule has 1 aliphatic rings. The summed E-state index contributed by atoms with van der Waals surface area (Å²) in [6.45, 7) is 3.87. The van der Waals surface area contributed by atoms with Gasteiger partial charge in [-0.1, -0.05) is 6.92 Å². The Morgan fingerprint density at radius 1 is 1.41 bits per heavy atom. The first-order chi connectivity index (χ1) is 7.97. The van der Waals surface area contributed by atoms with Crippen molar-refractivity contribution in [2.45, 2.75) is 32.2 Å². The van der Waals surface area contributed by atoms with Gasteiger partial charge in [-0.2, -0.15) is 4.31 Å². The van der Waals surface area contributed by atoms with Crippen molar-refractivity contribution < 1.29 is 18.3 Å². The molecule has 1 fully saturated rings. The summed E-state index contributed by atoms with van der Waals surface area (Å²) in [5.74, 6) is -2.10. The standard InChI is InChI=1S/C10H20N2O4S/c1-2-7-12(9-3-5-11-6-4-9)17(15,16)8-10(13)14/h9,11H,2-8H2,1H3,(H,13,14). The summed E-state index contributed by atoms with van der Waals surface area (Å²) in [6.07, 6.45) is 2.19. The molecule has 0 aromatic heterocycles. The smallest absolute Gasteiger partial charge is 0.320 e. The van der Waals surface area contributed by atoms with E-state index >= 15 is 0 Å². The van der Waals surface area contributed by atoms with Crippen LogP contribution in [0.4, 0.5) is 0 Å². The minimum Gasteiger partial charge on any atom is -0.480 e. The van der Waals surface area contributed by atoms with Gasteiger partial charge in [-0.3, -0.25) is 4.79 Å². The maximum atomic E-state index is 12.0. The lowest BCUT2D eigenvalue weighted by atomic mass is 10.1. The highest BCUT2D eigenvalue weighted by molar-refractivity contribution is 7.89. The van der Waals surface area contributed by atoms with Gasteiger partial charge in [0.2, 0.25) is 10.0 Å². The Morgan fingerprint density at radius 2 is 2.00 bits per heavy atom. The van der Waals surface area contributed by atoms with E-state index in [4.69, 9.17) is 5.11 Å². The van der Waals surface area contributed by atoms with Crippen molar-refractivity contribution in [1.82, 2.24) is 9.62 Å². The Kier molecular flexibility index (Phi) is 5.35. The second-order valence-corrected chi connectivity index (χ2v) is 6.16. The van der Waals surface area contributed by atoms with Crippen LogP contribution >= 0.6 is 0 Å². The molecule has 7 heteroatoms. The highest BCUT2D eigenvalue weighted by atomic mass is 32.2. The molecule has 0 unspecified atom stereocenters. The van der Waals surface area contributed by atoms with Crippen LogP contribution in [0.3, 0.4) is 0 Å². The summed E-state index contributed by atoms with van der Waals surface area (Å²) in [6, 6.07) is -0.0550. The van der Waals surface area contributed by atoms with Crippen LogP contribution in [0, 0.1) is 0 Å². The van der Waals surface area contributed by atoms with Crippen molar-refractivity contribution in [2.24, 2.45) is 0 Å². The number of nitrogens with one attached hydrogen (secondary N) is 1. The van der Waals surface area contributed by atoms with Crippen LogP contribution in [0.1, 0.15) is 26.2 Å². The number of nitrogens with zero attached hydrogens (tertiary/aromatic N) is 1. The molecule has 0 aromatic rings. The molecule has 1 rings (SSSR count). The van der Waals surface area contributed by atoms with Crippen LogP contribution in [-0.2, 0) is 14.8 Å². The molecule has 0 atom stereocenters. The molecule has 0 saturated carbocycles. The maximum Gasteiger partial charge on any atom is 0.320 e. The second kappa shape index (κ2) is 6.32. The van der Waals surface area contributed by atoms with Gasteiger partial charge in [0, 0.05) is 12.6 Å². The number of aliphatic carboxylic acids is 1. The predicted molar refractivity (Wildman–Crippen MR) is 64.3 cm³/mol. The Balaban J connectivity index is 2.79. The molecule has 0 bridgehead atoms. The maximum absolute atomic E-state index is 12.0. The van der Waals surface area contributed by atoms with Gasteiger partial charge >= 0.3 is 5.97 Å². The van der Waals surface area contributed by atoms with E-state index in [1.165, 1.54) is 4.31 Å². The number of carboxylic acids is 1. The molecule has 0 spiro atoms. The second-order valence-electron chi connectivity index (χ2n) is 4.24. The number of sulfonamides is 1. The topological polar surface area (TPSA) is 86.7 Å². The SMILES string of the molecule is CCCN(C1CCNCC1)S(=O)(=O)CC(=O)O. The highest BCUT2D eigenvalue weighted by Gasteiger charge is 2.31. The third-order valence-electron chi connectivity index (χ3n) is 2.82. The van der Waals surface area contributed by atoms with Crippen LogP contribution in [0.15, 0.2) is 0 Å². The monoisotopic (exact) mass is 264 g/mol. The van der Waals surface area contributed by atoms with Gasteiger partial charge in [-0.25, -0.2) is 8.42 Å². The van der Waals surface area contributed by atoms with E-state index in [9.17, 15) is 13.2 Å². The fourth-order valence-corrected chi connectivity index (χ4v) is 3.71. The quantitative estimate of drug-likeness (QED) is 0.697. The molecule has 100 valence electrons. The van der Waals surface area contributed by atoms with E-state index in [-0.39, 0.29) is 6.04 Å². The fraction of sp³-hybridized carbons (Fsp3) is 0.900. The van der Waals surface area contributed by atoms with E-state index in [0.717, 1.165) is 25.9 Å². The first kappa shape index (κ1) is 14.4. The van der Waals surface area contributed by atoms with Gasteiger partial charge in [-0.05, 0) is 32.4 Å². The molecule has 1 saturated heterocycles. The lowest BCUT2D eigenvalue weighted by Crippen LogP contribution is -2.47. The van der Waals surface area contributed by atoms with Gasteiger partial charge in [0.25, 0.3) is 0 Å². The number of hydrogen-bond donors (Lipinski definition) is 2. The van der Waals surface area contributed by atoms with Gasteiger partial charge in [0.05, 0.1) is 0 Å². The van der Waals surface area contributed by atoms with E-state index in [0.29, 0.717) is 13.0 Å². The number of carbonyl (C=O) groups is 1. The van der Waals surface area contributed by atoms with Crippen LogP contribution in [0.5, 0.6) is 0 Å². The van der Waals surface area contributed by atoms with Gasteiger partial charge in [0.15, 0.2) is 5.75 Å². The molecule has 17 heavy (non-hydrogen) atoms. The molecule has 0 aromatic carbocycles. The lowest BCUT2D eigenvalue weighted by Gasteiger charge is -2.33. The summed E-state index contributed by atoms with van der Waals surface area (Å²) in [7, 11) is -3.68.